The van der Waals surface area contributed by atoms with Crippen LogP contribution in [0.1, 0.15) is 37.6 Å². The van der Waals surface area contributed by atoms with Crippen LogP contribution in [0.15, 0.2) is 22.7 Å². The van der Waals surface area contributed by atoms with Gasteiger partial charge in [-0.05, 0) is 63.4 Å². The number of nitrogens with zero attached hydrogens (tertiary/aromatic N) is 5. The normalized spacial score (nSPS) is 11.0. The second-order valence-corrected chi connectivity index (χ2v) is 6.44. The number of phenols is 1. The number of anilines is 1. The van der Waals surface area contributed by atoms with E-state index in [1.807, 2.05) is 39.0 Å². The van der Waals surface area contributed by atoms with Crippen LogP contribution >= 0.6 is 0 Å². The maximum Gasteiger partial charge on any atom is 0.277 e. The third kappa shape index (κ3) is 3.77. The molecule has 0 spiro atoms. The van der Waals surface area contributed by atoms with Crippen molar-refractivity contribution in [3.05, 3.63) is 35.0 Å². The molecule has 0 atom stereocenters. The van der Waals surface area contributed by atoms with Gasteiger partial charge in [-0.25, -0.2) is 9.97 Å². The van der Waals surface area contributed by atoms with E-state index >= 15 is 0 Å². The standard InChI is InChI=1S/C20H25N5O2/c1-6-14-11-15(9-12(4)17(14)26)18-23-19(27-24-18)16-10-13(5)21-20(22-16)25(7-2)8-3/h9-11,26H,6-8H2,1-5H3. The zero-order valence-electron chi connectivity index (χ0n) is 16.4. The monoisotopic (exact) mass is 367 g/mol. The number of rotatable bonds is 6. The third-order valence-corrected chi connectivity index (χ3v) is 4.55. The summed E-state index contributed by atoms with van der Waals surface area (Å²) in [5.41, 5.74) is 3.91. The minimum Gasteiger partial charge on any atom is -0.507 e. The Hall–Kier alpha value is -2.96. The lowest BCUT2D eigenvalue weighted by Crippen LogP contribution is -2.24. The molecule has 1 aromatic carbocycles. The summed E-state index contributed by atoms with van der Waals surface area (Å²) in [6.07, 6.45) is 0.726. The molecule has 2 aromatic heterocycles. The molecule has 0 saturated heterocycles. The van der Waals surface area contributed by atoms with E-state index in [1.165, 1.54) is 0 Å². The Bertz CT molecular complexity index is 948. The van der Waals surface area contributed by atoms with E-state index < -0.39 is 0 Å². The molecule has 3 aromatic rings. The highest BCUT2D eigenvalue weighted by Gasteiger charge is 2.17. The van der Waals surface area contributed by atoms with Crippen LogP contribution < -0.4 is 4.90 Å². The van der Waals surface area contributed by atoms with Gasteiger partial charge in [-0.1, -0.05) is 12.1 Å². The van der Waals surface area contributed by atoms with E-state index in [1.54, 1.807) is 0 Å². The molecular weight excluding hydrogens is 342 g/mol. The summed E-state index contributed by atoms with van der Waals surface area (Å²) in [5, 5.41) is 14.2. The number of benzene rings is 1. The Labute approximate surface area is 159 Å². The molecule has 0 unspecified atom stereocenters. The Morgan fingerprint density at radius 1 is 1.00 bits per heavy atom. The molecule has 0 aliphatic rings. The number of aromatic nitrogens is 4. The Morgan fingerprint density at radius 2 is 1.74 bits per heavy atom. The minimum atomic E-state index is 0.320. The lowest BCUT2D eigenvalue weighted by molar-refractivity contribution is 0.430. The van der Waals surface area contributed by atoms with Gasteiger partial charge in [-0.2, -0.15) is 4.98 Å². The fraction of sp³-hybridized carbons (Fsp3) is 0.400. The van der Waals surface area contributed by atoms with E-state index in [2.05, 4.69) is 38.9 Å². The van der Waals surface area contributed by atoms with Crippen molar-refractivity contribution in [2.24, 2.45) is 0 Å². The smallest absolute Gasteiger partial charge is 0.277 e. The topological polar surface area (TPSA) is 88.2 Å². The number of hydrogen-bond donors (Lipinski definition) is 1. The second kappa shape index (κ2) is 7.73. The highest BCUT2D eigenvalue weighted by atomic mass is 16.5. The number of hydrogen-bond acceptors (Lipinski definition) is 7. The summed E-state index contributed by atoms with van der Waals surface area (Å²) >= 11 is 0. The van der Waals surface area contributed by atoms with Crippen LogP contribution in [-0.4, -0.2) is 38.3 Å². The van der Waals surface area contributed by atoms with E-state index in [4.69, 9.17) is 4.52 Å². The molecule has 0 radical (unpaired) electrons. The molecule has 0 amide bonds. The average molecular weight is 367 g/mol. The first-order chi connectivity index (χ1) is 13.0. The molecule has 0 aliphatic carbocycles. The quantitative estimate of drug-likeness (QED) is 0.706. The predicted molar refractivity (Wildman–Crippen MR) is 105 cm³/mol. The van der Waals surface area contributed by atoms with Gasteiger partial charge in [0.25, 0.3) is 5.89 Å². The number of aryl methyl sites for hydroxylation is 3. The van der Waals surface area contributed by atoms with Gasteiger partial charge in [0.05, 0.1) is 0 Å². The van der Waals surface area contributed by atoms with Crippen molar-refractivity contribution in [3.8, 4) is 28.7 Å². The Morgan fingerprint density at radius 3 is 2.41 bits per heavy atom. The first-order valence-electron chi connectivity index (χ1n) is 9.24. The van der Waals surface area contributed by atoms with E-state index in [9.17, 15) is 5.11 Å². The summed E-state index contributed by atoms with van der Waals surface area (Å²) in [7, 11) is 0. The van der Waals surface area contributed by atoms with Gasteiger partial charge in [0.1, 0.15) is 11.4 Å². The molecule has 0 saturated carbocycles. The van der Waals surface area contributed by atoms with Crippen molar-refractivity contribution >= 4 is 5.95 Å². The molecule has 2 heterocycles. The van der Waals surface area contributed by atoms with Gasteiger partial charge in [0.15, 0.2) is 0 Å². The number of phenolic OH excluding ortho intramolecular Hbond substituents is 1. The van der Waals surface area contributed by atoms with Crippen molar-refractivity contribution < 1.29 is 9.63 Å². The lowest BCUT2D eigenvalue weighted by Gasteiger charge is -2.18. The van der Waals surface area contributed by atoms with Crippen molar-refractivity contribution in [3.63, 3.8) is 0 Å². The first-order valence-corrected chi connectivity index (χ1v) is 9.24. The van der Waals surface area contributed by atoms with Crippen molar-refractivity contribution in [1.82, 2.24) is 20.1 Å². The van der Waals surface area contributed by atoms with Gasteiger partial charge in [0, 0.05) is 24.3 Å². The Kier molecular flexibility index (Phi) is 5.39. The largest absolute Gasteiger partial charge is 0.507 e. The highest BCUT2D eigenvalue weighted by Crippen LogP contribution is 2.30. The van der Waals surface area contributed by atoms with Crippen LogP contribution in [0, 0.1) is 13.8 Å². The molecule has 0 fully saturated rings. The van der Waals surface area contributed by atoms with Crippen molar-refractivity contribution in [1.29, 1.82) is 0 Å². The van der Waals surface area contributed by atoms with Gasteiger partial charge < -0.3 is 14.5 Å². The molecule has 3 rings (SSSR count). The zero-order chi connectivity index (χ0) is 19.6. The maximum atomic E-state index is 10.1. The molecule has 0 bridgehead atoms. The predicted octanol–water partition coefficient (Wildman–Crippen LogP) is 3.92. The van der Waals surface area contributed by atoms with E-state index in [-0.39, 0.29) is 0 Å². The van der Waals surface area contributed by atoms with Crippen molar-refractivity contribution in [2.75, 3.05) is 18.0 Å². The van der Waals surface area contributed by atoms with E-state index in [0.29, 0.717) is 29.1 Å². The molecule has 142 valence electrons. The van der Waals surface area contributed by atoms with Crippen LogP contribution in [0.4, 0.5) is 5.95 Å². The summed E-state index contributed by atoms with van der Waals surface area (Å²) in [6, 6.07) is 5.59. The maximum absolute atomic E-state index is 10.1. The molecular formula is C20H25N5O2. The average Bonchev–Trinajstić information content (AvgIpc) is 3.15. The lowest BCUT2D eigenvalue weighted by atomic mass is 10.0. The van der Waals surface area contributed by atoms with Gasteiger partial charge in [-0.3, -0.25) is 0 Å². The Balaban J connectivity index is 2.01. The molecule has 0 aliphatic heterocycles. The second-order valence-electron chi connectivity index (χ2n) is 6.44. The third-order valence-electron chi connectivity index (χ3n) is 4.55. The first kappa shape index (κ1) is 18.8. The summed E-state index contributed by atoms with van der Waals surface area (Å²) in [6.45, 7) is 11.6. The van der Waals surface area contributed by atoms with E-state index in [0.717, 1.165) is 41.9 Å². The van der Waals surface area contributed by atoms with Crippen LogP contribution in [0.2, 0.25) is 0 Å². The van der Waals surface area contributed by atoms with Gasteiger partial charge in [-0.15, -0.1) is 0 Å². The fourth-order valence-electron chi connectivity index (χ4n) is 3.01. The van der Waals surface area contributed by atoms with Crippen LogP contribution in [0.5, 0.6) is 5.75 Å². The van der Waals surface area contributed by atoms with Crippen LogP contribution in [0.25, 0.3) is 23.0 Å². The van der Waals surface area contributed by atoms with Gasteiger partial charge in [0.2, 0.25) is 11.8 Å². The SMILES string of the molecule is CCc1cc(-c2noc(-c3cc(C)nc(N(CC)CC)n3)n2)cc(C)c1O. The summed E-state index contributed by atoms with van der Waals surface area (Å²) < 4.78 is 5.47. The van der Waals surface area contributed by atoms with Crippen LogP contribution in [-0.2, 0) is 6.42 Å². The zero-order valence-corrected chi connectivity index (χ0v) is 16.4. The summed E-state index contributed by atoms with van der Waals surface area (Å²) in [5.74, 6) is 1.81. The molecule has 27 heavy (non-hydrogen) atoms. The van der Waals surface area contributed by atoms with Crippen molar-refractivity contribution in [2.45, 2.75) is 41.0 Å². The van der Waals surface area contributed by atoms with Gasteiger partial charge >= 0.3 is 0 Å². The highest BCUT2D eigenvalue weighted by molar-refractivity contribution is 5.63. The van der Waals surface area contributed by atoms with Crippen LogP contribution in [0.3, 0.4) is 0 Å². The molecule has 7 heteroatoms. The minimum absolute atomic E-state index is 0.320. The molecule has 7 nitrogen and oxygen atoms in total. The molecule has 1 N–H and O–H groups in total. The number of aromatic hydroxyl groups is 1. The summed E-state index contributed by atoms with van der Waals surface area (Å²) in [4.78, 5) is 15.7. The fourth-order valence-corrected chi connectivity index (χ4v) is 3.01.